The van der Waals surface area contributed by atoms with Crippen molar-refractivity contribution in [1.82, 2.24) is 10.2 Å². The molecule has 1 aliphatic rings. The van der Waals surface area contributed by atoms with Gasteiger partial charge in [0, 0.05) is 26.2 Å². The molecule has 0 radical (unpaired) electrons. The van der Waals surface area contributed by atoms with E-state index in [1.54, 1.807) is 4.90 Å². The van der Waals surface area contributed by atoms with Gasteiger partial charge in [-0.3, -0.25) is 4.79 Å². The molecule has 17 heavy (non-hydrogen) atoms. The van der Waals surface area contributed by atoms with Gasteiger partial charge in [-0.15, -0.1) is 0 Å². The van der Waals surface area contributed by atoms with Crippen molar-refractivity contribution in [1.29, 1.82) is 0 Å². The minimum absolute atomic E-state index is 0.0727. The molecule has 0 atom stereocenters. The van der Waals surface area contributed by atoms with Gasteiger partial charge in [0.25, 0.3) is 5.91 Å². The lowest BCUT2D eigenvalue weighted by atomic mass is 10.1. The topological polar surface area (TPSA) is 58.4 Å². The molecular formula is C11H13ClFN3O. The van der Waals surface area contributed by atoms with E-state index < -0.39 is 5.82 Å². The first-order valence-electron chi connectivity index (χ1n) is 5.34. The molecule has 2 rings (SSSR count). The number of benzene rings is 1. The minimum Gasteiger partial charge on any atom is -0.397 e. The maximum Gasteiger partial charge on any atom is 0.256 e. The molecule has 0 unspecified atom stereocenters. The Morgan fingerprint density at radius 2 is 2.06 bits per heavy atom. The van der Waals surface area contributed by atoms with Crippen molar-refractivity contribution in [3.8, 4) is 0 Å². The van der Waals surface area contributed by atoms with Crippen LogP contribution in [0.5, 0.6) is 0 Å². The van der Waals surface area contributed by atoms with Crippen LogP contribution in [0.3, 0.4) is 0 Å². The predicted octanol–water partition coefficient (Wildman–Crippen LogP) is 1.11. The normalized spacial score (nSPS) is 16.0. The Kier molecular flexibility index (Phi) is 3.49. The monoisotopic (exact) mass is 257 g/mol. The van der Waals surface area contributed by atoms with E-state index in [-0.39, 0.29) is 22.2 Å². The molecule has 1 amide bonds. The second-order valence-corrected chi connectivity index (χ2v) is 4.30. The van der Waals surface area contributed by atoms with Gasteiger partial charge < -0.3 is 16.0 Å². The van der Waals surface area contributed by atoms with E-state index in [0.29, 0.717) is 13.1 Å². The third kappa shape index (κ3) is 2.50. The summed E-state index contributed by atoms with van der Waals surface area (Å²) in [6, 6.07) is 2.23. The largest absolute Gasteiger partial charge is 0.397 e. The predicted molar refractivity (Wildman–Crippen MR) is 64.6 cm³/mol. The molecule has 3 N–H and O–H groups in total. The summed E-state index contributed by atoms with van der Waals surface area (Å²) in [5, 5.41) is 3.21. The highest BCUT2D eigenvalue weighted by Crippen LogP contribution is 2.25. The van der Waals surface area contributed by atoms with E-state index in [4.69, 9.17) is 17.3 Å². The lowest BCUT2D eigenvalue weighted by molar-refractivity contribution is 0.0736. The number of hydrogen-bond donors (Lipinski definition) is 2. The van der Waals surface area contributed by atoms with E-state index in [1.165, 1.54) is 0 Å². The molecule has 1 saturated heterocycles. The number of nitrogens with zero attached hydrogens (tertiary/aromatic N) is 1. The summed E-state index contributed by atoms with van der Waals surface area (Å²) in [4.78, 5) is 13.8. The average Bonchev–Trinajstić information content (AvgIpc) is 2.34. The molecule has 0 aromatic heterocycles. The van der Waals surface area contributed by atoms with Crippen LogP contribution in [0, 0.1) is 5.82 Å². The maximum absolute atomic E-state index is 13.2. The molecule has 6 heteroatoms. The van der Waals surface area contributed by atoms with Gasteiger partial charge in [0.1, 0.15) is 5.82 Å². The quantitative estimate of drug-likeness (QED) is 0.741. The highest BCUT2D eigenvalue weighted by molar-refractivity contribution is 6.34. The van der Waals surface area contributed by atoms with Crippen LogP contribution >= 0.6 is 11.6 Å². The zero-order valence-electron chi connectivity index (χ0n) is 9.17. The number of amides is 1. The standard InChI is InChI=1S/C11H13ClFN3O/c12-9-6-7(13)5-8(10(9)14)11(17)16-3-1-15-2-4-16/h5-6,15H,1-4,14H2. The molecule has 92 valence electrons. The zero-order valence-corrected chi connectivity index (χ0v) is 9.93. The van der Waals surface area contributed by atoms with E-state index >= 15 is 0 Å². The fourth-order valence-electron chi connectivity index (χ4n) is 1.80. The first-order valence-corrected chi connectivity index (χ1v) is 5.72. The molecule has 4 nitrogen and oxygen atoms in total. The van der Waals surface area contributed by atoms with Crippen molar-refractivity contribution in [2.75, 3.05) is 31.9 Å². The van der Waals surface area contributed by atoms with Crippen LogP contribution in [0.4, 0.5) is 10.1 Å². The Morgan fingerprint density at radius 3 is 2.71 bits per heavy atom. The van der Waals surface area contributed by atoms with Gasteiger partial charge in [-0.2, -0.15) is 0 Å². The fraction of sp³-hybridized carbons (Fsp3) is 0.364. The van der Waals surface area contributed by atoms with Crippen LogP contribution in [-0.2, 0) is 0 Å². The van der Waals surface area contributed by atoms with Gasteiger partial charge in [0.05, 0.1) is 16.3 Å². The van der Waals surface area contributed by atoms with Gasteiger partial charge in [0.2, 0.25) is 0 Å². The summed E-state index contributed by atoms with van der Waals surface area (Å²) in [5.74, 6) is -0.826. The third-order valence-corrected chi connectivity index (χ3v) is 3.04. The Morgan fingerprint density at radius 1 is 1.41 bits per heavy atom. The molecule has 1 aromatic carbocycles. The van der Waals surface area contributed by atoms with Crippen LogP contribution in [0.25, 0.3) is 0 Å². The number of halogens is 2. The van der Waals surface area contributed by atoms with Gasteiger partial charge in [-0.05, 0) is 12.1 Å². The highest BCUT2D eigenvalue weighted by atomic mass is 35.5. The van der Waals surface area contributed by atoms with E-state index in [1.807, 2.05) is 0 Å². The van der Waals surface area contributed by atoms with Crippen LogP contribution in [0.1, 0.15) is 10.4 Å². The van der Waals surface area contributed by atoms with Crippen molar-refractivity contribution in [2.45, 2.75) is 0 Å². The lowest BCUT2D eigenvalue weighted by Gasteiger charge is -2.28. The first-order chi connectivity index (χ1) is 8.09. The smallest absolute Gasteiger partial charge is 0.256 e. The molecule has 0 spiro atoms. The molecule has 1 aliphatic heterocycles. The van der Waals surface area contributed by atoms with Crippen molar-refractivity contribution in [3.05, 3.63) is 28.5 Å². The van der Waals surface area contributed by atoms with Gasteiger partial charge in [0.15, 0.2) is 0 Å². The number of carbonyl (C=O) groups is 1. The van der Waals surface area contributed by atoms with Crippen molar-refractivity contribution in [3.63, 3.8) is 0 Å². The van der Waals surface area contributed by atoms with Crippen LogP contribution in [0.2, 0.25) is 5.02 Å². The molecule has 1 fully saturated rings. The van der Waals surface area contributed by atoms with Crippen molar-refractivity contribution >= 4 is 23.2 Å². The average molecular weight is 258 g/mol. The Labute approximate surface area is 104 Å². The number of piperazine rings is 1. The summed E-state index contributed by atoms with van der Waals surface area (Å²) in [7, 11) is 0. The molecule has 0 aliphatic carbocycles. The number of carbonyl (C=O) groups excluding carboxylic acids is 1. The van der Waals surface area contributed by atoms with Crippen LogP contribution in [-0.4, -0.2) is 37.0 Å². The molecular weight excluding hydrogens is 245 g/mol. The second kappa shape index (κ2) is 4.89. The van der Waals surface area contributed by atoms with E-state index in [2.05, 4.69) is 5.32 Å². The second-order valence-electron chi connectivity index (χ2n) is 3.89. The molecule has 0 bridgehead atoms. The van der Waals surface area contributed by atoms with Crippen molar-refractivity contribution < 1.29 is 9.18 Å². The minimum atomic E-state index is -0.553. The number of hydrogen-bond acceptors (Lipinski definition) is 3. The van der Waals surface area contributed by atoms with Crippen LogP contribution < -0.4 is 11.1 Å². The first kappa shape index (κ1) is 12.1. The number of anilines is 1. The lowest BCUT2D eigenvalue weighted by Crippen LogP contribution is -2.46. The number of rotatable bonds is 1. The molecule has 1 heterocycles. The SMILES string of the molecule is Nc1c(Cl)cc(F)cc1C(=O)N1CCNCC1. The van der Waals surface area contributed by atoms with Gasteiger partial charge in [-0.25, -0.2) is 4.39 Å². The van der Waals surface area contributed by atoms with E-state index in [9.17, 15) is 9.18 Å². The Balaban J connectivity index is 2.29. The summed E-state index contributed by atoms with van der Waals surface area (Å²) in [6.07, 6.45) is 0. The van der Waals surface area contributed by atoms with Crippen molar-refractivity contribution in [2.24, 2.45) is 0 Å². The van der Waals surface area contributed by atoms with Crippen LogP contribution in [0.15, 0.2) is 12.1 Å². The molecule has 1 aromatic rings. The zero-order chi connectivity index (χ0) is 12.4. The van der Waals surface area contributed by atoms with Gasteiger partial charge in [-0.1, -0.05) is 11.6 Å². The third-order valence-electron chi connectivity index (χ3n) is 2.73. The number of nitrogen functional groups attached to an aromatic ring is 1. The highest BCUT2D eigenvalue weighted by Gasteiger charge is 2.21. The Bertz CT molecular complexity index is 447. The molecule has 0 saturated carbocycles. The summed E-state index contributed by atoms with van der Waals surface area (Å²) < 4.78 is 13.2. The number of nitrogens with one attached hydrogen (secondary N) is 1. The number of nitrogens with two attached hydrogens (primary N) is 1. The fourth-order valence-corrected chi connectivity index (χ4v) is 2.01. The Hall–Kier alpha value is -1.33. The van der Waals surface area contributed by atoms with E-state index in [0.717, 1.165) is 25.2 Å². The summed E-state index contributed by atoms with van der Waals surface area (Å²) in [6.45, 7) is 2.64. The summed E-state index contributed by atoms with van der Waals surface area (Å²) >= 11 is 5.75. The van der Waals surface area contributed by atoms with Gasteiger partial charge >= 0.3 is 0 Å². The summed E-state index contributed by atoms with van der Waals surface area (Å²) in [5.41, 5.74) is 5.97. The maximum atomic E-state index is 13.2.